The van der Waals surface area contributed by atoms with Crippen molar-refractivity contribution in [1.82, 2.24) is 10.0 Å². The Morgan fingerprint density at radius 3 is 2.28 bits per heavy atom. The summed E-state index contributed by atoms with van der Waals surface area (Å²) in [6, 6.07) is 6.63. The molecule has 1 aromatic carbocycles. The summed E-state index contributed by atoms with van der Waals surface area (Å²) in [6.45, 7) is 3.45. The molecule has 0 radical (unpaired) electrons. The highest BCUT2D eigenvalue weighted by atomic mass is 32.3. The molecule has 0 atom stereocenters. The number of hydrogen-bond donors (Lipinski definition) is 3. The molecule has 9 nitrogen and oxygen atoms in total. The highest BCUT2D eigenvalue weighted by molar-refractivity contribution is 7.89. The van der Waals surface area contributed by atoms with E-state index in [0.717, 1.165) is 5.56 Å². The van der Waals surface area contributed by atoms with Crippen LogP contribution in [0, 0.1) is 6.92 Å². The van der Waals surface area contributed by atoms with Gasteiger partial charge in [0.25, 0.3) is 0 Å². The Morgan fingerprint density at radius 2 is 1.64 bits per heavy atom. The van der Waals surface area contributed by atoms with Crippen LogP contribution in [0.1, 0.15) is 12.0 Å². The molecule has 3 N–H and O–H groups in total. The van der Waals surface area contributed by atoms with Crippen molar-refractivity contribution < 1.29 is 30.3 Å². The van der Waals surface area contributed by atoms with E-state index in [1.807, 2.05) is 6.92 Å². The quantitative estimate of drug-likeness (QED) is 0.316. The second-order valence-electron chi connectivity index (χ2n) is 5.18. The molecule has 0 aliphatic rings. The van der Waals surface area contributed by atoms with Gasteiger partial charge < -0.3 is 10.1 Å². The predicted molar refractivity (Wildman–Crippen MR) is 92.2 cm³/mol. The molecule has 0 aliphatic carbocycles. The summed E-state index contributed by atoms with van der Waals surface area (Å²) in [6.07, 6.45) is 0.608. The minimum Gasteiger partial charge on any atom is -0.378 e. The number of aryl methyl sites for hydroxylation is 1. The first-order chi connectivity index (χ1) is 11.7. The Kier molecular flexibility index (Phi) is 9.50. The molecule has 0 fully saturated rings. The van der Waals surface area contributed by atoms with Crippen LogP contribution < -0.4 is 10.0 Å². The van der Waals surface area contributed by atoms with Gasteiger partial charge in [0.2, 0.25) is 10.0 Å². The van der Waals surface area contributed by atoms with E-state index in [4.69, 9.17) is 9.29 Å². The monoisotopic (exact) mass is 396 g/mol. The summed E-state index contributed by atoms with van der Waals surface area (Å²) in [5, 5.41) is 3.06. The van der Waals surface area contributed by atoms with Crippen LogP contribution in [0.15, 0.2) is 29.2 Å². The van der Waals surface area contributed by atoms with Gasteiger partial charge in [0.1, 0.15) is 0 Å². The molecule has 25 heavy (non-hydrogen) atoms. The Balaban J connectivity index is 2.04. The molecular weight excluding hydrogens is 372 g/mol. The molecule has 0 spiro atoms. The molecule has 1 aromatic rings. The van der Waals surface area contributed by atoms with Crippen molar-refractivity contribution in [1.29, 1.82) is 0 Å². The fourth-order valence-corrected chi connectivity index (χ4v) is 3.14. The molecule has 0 saturated heterocycles. The molecule has 0 aromatic heterocycles. The zero-order valence-corrected chi connectivity index (χ0v) is 15.6. The lowest BCUT2D eigenvalue weighted by Crippen LogP contribution is -2.28. The maximum atomic E-state index is 12.0. The van der Waals surface area contributed by atoms with Crippen molar-refractivity contribution in [2.45, 2.75) is 18.2 Å². The first kappa shape index (κ1) is 22.0. The third-order valence-corrected chi connectivity index (χ3v) is 4.98. The second kappa shape index (κ2) is 10.8. The lowest BCUT2D eigenvalue weighted by molar-refractivity contribution is 0.0990. The van der Waals surface area contributed by atoms with Crippen molar-refractivity contribution >= 4 is 20.4 Å². The molecular formula is C14H24N2O7S2. The average Bonchev–Trinajstić information content (AvgIpc) is 2.52. The van der Waals surface area contributed by atoms with Crippen molar-refractivity contribution in [2.75, 3.05) is 39.5 Å². The van der Waals surface area contributed by atoms with Gasteiger partial charge in [0.05, 0.1) is 24.7 Å². The summed E-state index contributed by atoms with van der Waals surface area (Å²) < 4.78 is 64.6. The fraction of sp³-hybridized carbons (Fsp3) is 0.571. The van der Waals surface area contributed by atoms with Crippen LogP contribution in [0.25, 0.3) is 0 Å². The van der Waals surface area contributed by atoms with Gasteiger partial charge in [-0.05, 0) is 32.0 Å². The van der Waals surface area contributed by atoms with E-state index in [0.29, 0.717) is 32.7 Å². The maximum absolute atomic E-state index is 12.0. The van der Waals surface area contributed by atoms with Crippen molar-refractivity contribution in [3.8, 4) is 0 Å². The largest absolute Gasteiger partial charge is 0.397 e. The lowest BCUT2D eigenvalue weighted by Gasteiger charge is -2.08. The molecule has 0 saturated carbocycles. The Morgan fingerprint density at radius 1 is 0.960 bits per heavy atom. The van der Waals surface area contributed by atoms with Gasteiger partial charge in [0, 0.05) is 13.1 Å². The summed E-state index contributed by atoms with van der Waals surface area (Å²) in [5.41, 5.74) is 0.995. The van der Waals surface area contributed by atoms with E-state index in [1.165, 1.54) is 0 Å². The predicted octanol–water partition coefficient (Wildman–Crippen LogP) is 0.0890. The Labute approximate surface area is 148 Å². The van der Waals surface area contributed by atoms with Crippen LogP contribution >= 0.6 is 0 Å². The van der Waals surface area contributed by atoms with E-state index in [-0.39, 0.29) is 18.1 Å². The summed E-state index contributed by atoms with van der Waals surface area (Å²) in [7, 11) is -7.90. The summed E-state index contributed by atoms with van der Waals surface area (Å²) in [5.74, 6) is 0. The third-order valence-electron chi connectivity index (χ3n) is 3.04. The molecule has 11 heteroatoms. The SMILES string of the molecule is Cc1ccc(S(=O)(=O)NCCCNCCOCCOS(=O)(=O)O)cc1. The van der Waals surface area contributed by atoms with Gasteiger partial charge in [-0.1, -0.05) is 17.7 Å². The van der Waals surface area contributed by atoms with Crippen molar-refractivity contribution in [3.63, 3.8) is 0 Å². The van der Waals surface area contributed by atoms with Crippen molar-refractivity contribution in [3.05, 3.63) is 29.8 Å². The van der Waals surface area contributed by atoms with E-state index < -0.39 is 20.4 Å². The average molecular weight is 396 g/mol. The van der Waals surface area contributed by atoms with E-state index in [9.17, 15) is 16.8 Å². The van der Waals surface area contributed by atoms with Gasteiger partial charge in [-0.25, -0.2) is 17.3 Å². The molecule has 0 heterocycles. The zero-order chi connectivity index (χ0) is 18.8. The Hall–Kier alpha value is -1.08. The highest BCUT2D eigenvalue weighted by Crippen LogP contribution is 2.09. The molecule has 0 bridgehead atoms. The Bertz CT molecular complexity index is 703. The number of nitrogens with one attached hydrogen (secondary N) is 2. The lowest BCUT2D eigenvalue weighted by atomic mass is 10.2. The van der Waals surface area contributed by atoms with Crippen molar-refractivity contribution in [2.24, 2.45) is 0 Å². The summed E-state index contributed by atoms with van der Waals surface area (Å²) >= 11 is 0. The topological polar surface area (TPSA) is 131 Å². The van der Waals surface area contributed by atoms with E-state index in [1.54, 1.807) is 24.3 Å². The van der Waals surface area contributed by atoms with Gasteiger partial charge in [0.15, 0.2) is 0 Å². The number of benzene rings is 1. The summed E-state index contributed by atoms with van der Waals surface area (Å²) in [4.78, 5) is 0.242. The molecule has 0 aliphatic heterocycles. The van der Waals surface area contributed by atoms with Gasteiger partial charge in [-0.3, -0.25) is 4.55 Å². The first-order valence-electron chi connectivity index (χ1n) is 7.67. The van der Waals surface area contributed by atoms with E-state index in [2.05, 4.69) is 14.2 Å². The van der Waals surface area contributed by atoms with Crippen LogP contribution in [0.4, 0.5) is 0 Å². The number of rotatable bonds is 13. The van der Waals surface area contributed by atoms with Crippen LogP contribution in [-0.2, 0) is 29.3 Å². The van der Waals surface area contributed by atoms with Crippen LogP contribution in [0.5, 0.6) is 0 Å². The molecule has 144 valence electrons. The van der Waals surface area contributed by atoms with Gasteiger partial charge in [-0.15, -0.1) is 0 Å². The number of hydrogen-bond acceptors (Lipinski definition) is 7. The maximum Gasteiger partial charge on any atom is 0.397 e. The molecule has 0 unspecified atom stereocenters. The smallest absolute Gasteiger partial charge is 0.378 e. The fourth-order valence-electron chi connectivity index (χ4n) is 1.79. The van der Waals surface area contributed by atoms with Gasteiger partial charge >= 0.3 is 10.4 Å². The first-order valence-corrected chi connectivity index (χ1v) is 10.5. The van der Waals surface area contributed by atoms with Crippen LogP contribution in [-0.4, -0.2) is 60.8 Å². The standard InChI is InChI=1S/C14H24N2O7S2/c1-13-3-5-14(6-4-13)24(17,18)16-8-2-7-15-9-10-22-11-12-23-25(19,20)21/h3-6,15-16H,2,7-12H2,1H3,(H,19,20,21). The van der Waals surface area contributed by atoms with E-state index >= 15 is 0 Å². The third kappa shape index (κ3) is 10.5. The minimum atomic E-state index is -4.42. The molecule has 0 amide bonds. The zero-order valence-electron chi connectivity index (χ0n) is 14.0. The van der Waals surface area contributed by atoms with Gasteiger partial charge in [-0.2, -0.15) is 8.42 Å². The minimum absolute atomic E-state index is 0.0395. The van der Waals surface area contributed by atoms with Crippen LogP contribution in [0.2, 0.25) is 0 Å². The second-order valence-corrected chi connectivity index (χ2v) is 8.03. The number of sulfonamides is 1. The van der Waals surface area contributed by atoms with Crippen LogP contribution in [0.3, 0.4) is 0 Å². The highest BCUT2D eigenvalue weighted by Gasteiger charge is 2.12. The molecule has 1 rings (SSSR count). The normalized spacial score (nSPS) is 12.4. The number of ether oxygens (including phenoxy) is 1.